The molecule has 18 heavy (non-hydrogen) atoms. The van der Waals surface area contributed by atoms with Gasteiger partial charge in [0.15, 0.2) is 0 Å². The van der Waals surface area contributed by atoms with Crippen molar-refractivity contribution < 1.29 is 14.4 Å². The number of rotatable bonds is 4. The van der Waals surface area contributed by atoms with Gasteiger partial charge in [0.05, 0.1) is 5.54 Å². The van der Waals surface area contributed by atoms with Gasteiger partial charge in [0.2, 0.25) is 17.7 Å². The third kappa shape index (κ3) is 2.53. The fourth-order valence-electron chi connectivity index (χ4n) is 2.12. The van der Waals surface area contributed by atoms with Crippen LogP contribution in [0, 0.1) is 0 Å². The summed E-state index contributed by atoms with van der Waals surface area (Å²) in [6.45, 7) is 5.36. The molecular formula is C12H21N3O3. The zero-order chi connectivity index (χ0) is 13.9. The number of nitrogens with two attached hydrogens (primary N) is 1. The molecule has 102 valence electrons. The van der Waals surface area contributed by atoms with Crippen LogP contribution in [0.2, 0.25) is 0 Å². The van der Waals surface area contributed by atoms with Crippen molar-refractivity contribution in [3.8, 4) is 0 Å². The molecule has 0 spiro atoms. The quantitative estimate of drug-likeness (QED) is 0.678. The molecule has 1 rings (SSSR count). The SMILES string of the molecule is CCC1C(=O)NC(=O)CN1C(=O)C(N)(CC)CC. The number of amides is 3. The summed E-state index contributed by atoms with van der Waals surface area (Å²) in [5.74, 6) is -1.19. The van der Waals surface area contributed by atoms with Crippen molar-refractivity contribution in [3.05, 3.63) is 0 Å². The van der Waals surface area contributed by atoms with Gasteiger partial charge in [0.25, 0.3) is 0 Å². The van der Waals surface area contributed by atoms with Crippen LogP contribution in [0.5, 0.6) is 0 Å². The minimum atomic E-state index is -0.995. The number of carbonyl (C=O) groups excluding carboxylic acids is 3. The lowest BCUT2D eigenvalue weighted by atomic mass is 9.91. The molecule has 0 aromatic heterocycles. The van der Waals surface area contributed by atoms with E-state index in [-0.39, 0.29) is 12.5 Å². The predicted molar refractivity (Wildman–Crippen MR) is 66.4 cm³/mol. The van der Waals surface area contributed by atoms with Gasteiger partial charge in [-0.1, -0.05) is 20.8 Å². The minimum Gasteiger partial charge on any atom is -0.320 e. The number of nitrogens with one attached hydrogen (secondary N) is 1. The van der Waals surface area contributed by atoms with E-state index in [1.807, 2.05) is 13.8 Å². The molecule has 1 aliphatic heterocycles. The average Bonchev–Trinajstić information content (AvgIpc) is 2.36. The van der Waals surface area contributed by atoms with Crippen molar-refractivity contribution in [1.82, 2.24) is 10.2 Å². The molecule has 1 aliphatic rings. The van der Waals surface area contributed by atoms with Gasteiger partial charge in [0.1, 0.15) is 12.6 Å². The Morgan fingerprint density at radius 2 is 1.94 bits per heavy atom. The third-order valence-corrected chi connectivity index (χ3v) is 3.59. The molecule has 3 N–H and O–H groups in total. The zero-order valence-electron chi connectivity index (χ0n) is 11.2. The Bertz CT molecular complexity index is 364. The fraction of sp³-hybridized carbons (Fsp3) is 0.750. The minimum absolute atomic E-state index is 0.0952. The molecule has 0 aliphatic carbocycles. The van der Waals surface area contributed by atoms with E-state index in [0.29, 0.717) is 19.3 Å². The zero-order valence-corrected chi connectivity index (χ0v) is 11.2. The molecule has 3 amide bonds. The van der Waals surface area contributed by atoms with Crippen molar-refractivity contribution >= 4 is 17.7 Å². The first kappa shape index (κ1) is 14.6. The second kappa shape index (κ2) is 5.48. The monoisotopic (exact) mass is 255 g/mol. The van der Waals surface area contributed by atoms with Crippen LogP contribution in [0.25, 0.3) is 0 Å². The summed E-state index contributed by atoms with van der Waals surface area (Å²) in [7, 11) is 0. The van der Waals surface area contributed by atoms with Gasteiger partial charge >= 0.3 is 0 Å². The molecule has 1 unspecified atom stereocenters. The molecule has 6 heteroatoms. The maximum absolute atomic E-state index is 12.4. The van der Waals surface area contributed by atoms with Crippen molar-refractivity contribution in [2.45, 2.75) is 51.6 Å². The second-order valence-electron chi connectivity index (χ2n) is 4.63. The highest BCUT2D eigenvalue weighted by molar-refractivity contribution is 6.05. The van der Waals surface area contributed by atoms with E-state index in [9.17, 15) is 14.4 Å². The van der Waals surface area contributed by atoms with Crippen LogP contribution in [0.4, 0.5) is 0 Å². The van der Waals surface area contributed by atoms with Crippen molar-refractivity contribution in [2.24, 2.45) is 5.73 Å². The van der Waals surface area contributed by atoms with Gasteiger partial charge < -0.3 is 10.6 Å². The molecule has 1 fully saturated rings. The van der Waals surface area contributed by atoms with Gasteiger partial charge in [-0.25, -0.2) is 0 Å². The summed E-state index contributed by atoms with van der Waals surface area (Å²) in [5.41, 5.74) is 5.05. The highest BCUT2D eigenvalue weighted by atomic mass is 16.2. The Morgan fingerprint density at radius 1 is 1.39 bits per heavy atom. The van der Waals surface area contributed by atoms with Gasteiger partial charge in [-0.3, -0.25) is 19.7 Å². The Labute approximate surface area is 107 Å². The molecular weight excluding hydrogens is 234 g/mol. The van der Waals surface area contributed by atoms with Gasteiger partial charge in [-0.2, -0.15) is 0 Å². The van der Waals surface area contributed by atoms with Gasteiger partial charge in [-0.15, -0.1) is 0 Å². The van der Waals surface area contributed by atoms with Crippen LogP contribution in [-0.4, -0.2) is 40.7 Å². The lowest BCUT2D eigenvalue weighted by Gasteiger charge is -2.39. The van der Waals surface area contributed by atoms with E-state index < -0.39 is 23.4 Å². The summed E-state index contributed by atoms with van der Waals surface area (Å²) < 4.78 is 0. The molecule has 0 aromatic carbocycles. The first-order valence-electron chi connectivity index (χ1n) is 6.33. The van der Waals surface area contributed by atoms with Crippen LogP contribution >= 0.6 is 0 Å². The summed E-state index contributed by atoms with van der Waals surface area (Å²) in [6, 6.07) is -0.601. The standard InChI is InChI=1S/C12H21N3O3/c1-4-8-10(17)14-9(16)7-15(8)11(18)12(13,5-2)6-3/h8H,4-7,13H2,1-3H3,(H,14,16,17). The number of piperazine rings is 1. The molecule has 0 bridgehead atoms. The van der Waals surface area contributed by atoms with Crippen LogP contribution in [-0.2, 0) is 14.4 Å². The number of hydrogen-bond acceptors (Lipinski definition) is 4. The molecule has 1 heterocycles. The Kier molecular flexibility index (Phi) is 4.45. The number of hydrogen-bond donors (Lipinski definition) is 2. The Hall–Kier alpha value is -1.43. The number of imide groups is 1. The van der Waals surface area contributed by atoms with Crippen molar-refractivity contribution in [1.29, 1.82) is 0 Å². The Balaban J connectivity index is 3.00. The van der Waals surface area contributed by atoms with E-state index in [1.54, 1.807) is 6.92 Å². The van der Waals surface area contributed by atoms with E-state index in [2.05, 4.69) is 5.32 Å². The molecule has 0 radical (unpaired) electrons. The summed E-state index contributed by atoms with van der Waals surface area (Å²) >= 11 is 0. The largest absolute Gasteiger partial charge is 0.320 e. The van der Waals surface area contributed by atoms with E-state index in [1.165, 1.54) is 4.90 Å². The molecule has 0 saturated carbocycles. The highest BCUT2D eigenvalue weighted by Crippen LogP contribution is 2.19. The molecule has 1 atom stereocenters. The lowest BCUT2D eigenvalue weighted by Crippen LogP contribution is -2.65. The van der Waals surface area contributed by atoms with Crippen LogP contribution in [0.1, 0.15) is 40.0 Å². The first-order chi connectivity index (χ1) is 8.39. The number of carbonyl (C=O) groups is 3. The van der Waals surface area contributed by atoms with Crippen LogP contribution in [0.3, 0.4) is 0 Å². The molecule has 6 nitrogen and oxygen atoms in total. The smallest absolute Gasteiger partial charge is 0.249 e. The number of nitrogens with zero attached hydrogens (tertiary/aromatic N) is 1. The van der Waals surface area contributed by atoms with Crippen molar-refractivity contribution in [3.63, 3.8) is 0 Å². The first-order valence-corrected chi connectivity index (χ1v) is 6.33. The topological polar surface area (TPSA) is 92.5 Å². The van der Waals surface area contributed by atoms with Crippen molar-refractivity contribution in [2.75, 3.05) is 6.54 Å². The van der Waals surface area contributed by atoms with Gasteiger partial charge in [-0.05, 0) is 19.3 Å². The summed E-state index contributed by atoms with van der Waals surface area (Å²) in [5, 5.41) is 2.24. The van der Waals surface area contributed by atoms with Crippen LogP contribution in [0.15, 0.2) is 0 Å². The lowest BCUT2D eigenvalue weighted by molar-refractivity contribution is -0.153. The third-order valence-electron chi connectivity index (χ3n) is 3.59. The molecule has 1 saturated heterocycles. The van der Waals surface area contributed by atoms with E-state index in [0.717, 1.165) is 0 Å². The fourth-order valence-corrected chi connectivity index (χ4v) is 2.12. The summed E-state index contributed by atoms with van der Waals surface area (Å²) in [4.78, 5) is 36.8. The van der Waals surface area contributed by atoms with E-state index in [4.69, 9.17) is 5.73 Å². The maximum Gasteiger partial charge on any atom is 0.249 e. The van der Waals surface area contributed by atoms with Gasteiger partial charge in [0, 0.05) is 0 Å². The Morgan fingerprint density at radius 3 is 2.39 bits per heavy atom. The predicted octanol–water partition coefficient (Wildman–Crippen LogP) is -0.232. The molecule has 0 aromatic rings. The highest BCUT2D eigenvalue weighted by Gasteiger charge is 2.42. The second-order valence-corrected chi connectivity index (χ2v) is 4.63. The maximum atomic E-state index is 12.4. The summed E-state index contributed by atoms with van der Waals surface area (Å²) in [6.07, 6.45) is 1.42. The normalized spacial score (nSPS) is 20.9. The van der Waals surface area contributed by atoms with E-state index >= 15 is 0 Å². The van der Waals surface area contributed by atoms with Crippen LogP contribution < -0.4 is 11.1 Å². The average molecular weight is 255 g/mol.